The van der Waals surface area contributed by atoms with Crippen molar-refractivity contribution < 1.29 is 0 Å². The number of hydrogen-bond donors (Lipinski definition) is 1. The van der Waals surface area contributed by atoms with Gasteiger partial charge in [-0.05, 0) is 48.5 Å². The van der Waals surface area contributed by atoms with Gasteiger partial charge in [0.15, 0.2) is 0 Å². The van der Waals surface area contributed by atoms with Gasteiger partial charge in [-0.2, -0.15) is 5.10 Å². The van der Waals surface area contributed by atoms with E-state index in [-0.39, 0.29) is 5.41 Å². The van der Waals surface area contributed by atoms with Gasteiger partial charge in [0.05, 0.1) is 10.6 Å². The fourth-order valence-electron chi connectivity index (χ4n) is 3.53. The Kier molecular flexibility index (Phi) is 4.46. The second-order valence-corrected chi connectivity index (χ2v) is 8.18. The molecule has 0 bridgehead atoms. The Labute approximate surface area is 152 Å². The molecule has 4 rings (SSSR count). The normalized spacial score (nSPS) is 21.0. The molecule has 1 aromatic carbocycles. The molecule has 0 saturated carbocycles. The highest BCUT2D eigenvalue weighted by Crippen LogP contribution is 2.33. The highest BCUT2D eigenvalue weighted by Gasteiger charge is 2.33. The van der Waals surface area contributed by atoms with Gasteiger partial charge in [-0.15, -0.1) is 11.3 Å². The predicted octanol–water partition coefficient (Wildman–Crippen LogP) is 3.77. The fraction of sp³-hybridized carbons (Fsp3) is 0.350. The van der Waals surface area contributed by atoms with Crippen LogP contribution < -0.4 is 5.73 Å². The Balaban J connectivity index is 1.65. The van der Waals surface area contributed by atoms with E-state index in [1.165, 1.54) is 16.9 Å². The van der Waals surface area contributed by atoms with Gasteiger partial charge in [-0.25, -0.2) is 4.68 Å². The van der Waals surface area contributed by atoms with E-state index >= 15 is 0 Å². The van der Waals surface area contributed by atoms with E-state index in [1.54, 1.807) is 11.3 Å². The highest BCUT2D eigenvalue weighted by atomic mass is 32.1. The summed E-state index contributed by atoms with van der Waals surface area (Å²) < 4.78 is 2.00. The zero-order valence-electron chi connectivity index (χ0n) is 14.6. The molecule has 1 aliphatic heterocycles. The third-order valence-corrected chi connectivity index (χ3v) is 5.97. The zero-order chi connectivity index (χ0) is 17.3. The first-order valence-corrected chi connectivity index (χ1v) is 9.65. The number of thiophene rings is 1. The first-order chi connectivity index (χ1) is 12.2. The fourth-order valence-corrected chi connectivity index (χ4v) is 4.27. The molecular weight excluding hydrogens is 328 g/mol. The number of likely N-dealkylation sites (tertiary alicyclic amines) is 1. The smallest absolute Gasteiger partial charge is 0.107 e. The van der Waals surface area contributed by atoms with E-state index in [9.17, 15) is 0 Å². The molecule has 4 nitrogen and oxygen atoms in total. The molecule has 25 heavy (non-hydrogen) atoms. The minimum absolute atomic E-state index is 0.249. The van der Waals surface area contributed by atoms with Crippen LogP contribution in [0.3, 0.4) is 0 Å². The lowest BCUT2D eigenvalue weighted by Crippen LogP contribution is -2.31. The van der Waals surface area contributed by atoms with Crippen LogP contribution in [0.2, 0.25) is 0 Å². The maximum atomic E-state index is 5.97. The highest BCUT2D eigenvalue weighted by molar-refractivity contribution is 7.13. The minimum atomic E-state index is 0.249. The average Bonchev–Trinajstić information content (AvgIpc) is 3.36. The number of nitrogens with zero attached hydrogens (tertiary/aromatic N) is 3. The molecule has 0 spiro atoms. The van der Waals surface area contributed by atoms with Gasteiger partial charge in [0.1, 0.15) is 5.69 Å². The van der Waals surface area contributed by atoms with Crippen molar-refractivity contribution in [3.8, 4) is 16.3 Å². The summed E-state index contributed by atoms with van der Waals surface area (Å²) in [4.78, 5) is 3.74. The summed E-state index contributed by atoms with van der Waals surface area (Å²) in [7, 11) is 0. The summed E-state index contributed by atoms with van der Waals surface area (Å²) >= 11 is 1.75. The third kappa shape index (κ3) is 3.40. The van der Waals surface area contributed by atoms with Gasteiger partial charge in [0.2, 0.25) is 0 Å². The molecule has 2 aromatic heterocycles. The minimum Gasteiger partial charge on any atom is -0.330 e. The molecule has 0 aliphatic carbocycles. The number of rotatable bonds is 5. The van der Waals surface area contributed by atoms with Crippen LogP contribution in [0.25, 0.3) is 16.3 Å². The zero-order valence-corrected chi connectivity index (χ0v) is 15.4. The molecule has 0 radical (unpaired) electrons. The Morgan fingerprint density at radius 1 is 1.20 bits per heavy atom. The van der Waals surface area contributed by atoms with Crippen molar-refractivity contribution in [1.29, 1.82) is 0 Å². The largest absolute Gasteiger partial charge is 0.330 e. The third-order valence-electron chi connectivity index (χ3n) is 5.09. The van der Waals surface area contributed by atoms with Crippen LogP contribution >= 0.6 is 11.3 Å². The topological polar surface area (TPSA) is 47.1 Å². The lowest BCUT2D eigenvalue weighted by Gasteiger charge is -2.22. The van der Waals surface area contributed by atoms with Crippen LogP contribution in [-0.4, -0.2) is 34.3 Å². The van der Waals surface area contributed by atoms with Gasteiger partial charge >= 0.3 is 0 Å². The number of benzene rings is 1. The van der Waals surface area contributed by atoms with Crippen molar-refractivity contribution in [2.75, 3.05) is 19.6 Å². The number of nitrogens with two attached hydrogens (primary N) is 1. The molecule has 2 N–H and O–H groups in total. The van der Waals surface area contributed by atoms with E-state index in [2.05, 4.69) is 59.8 Å². The lowest BCUT2D eigenvalue weighted by molar-refractivity contribution is 0.275. The Morgan fingerprint density at radius 3 is 2.72 bits per heavy atom. The molecule has 1 saturated heterocycles. The van der Waals surface area contributed by atoms with Crippen LogP contribution in [0.5, 0.6) is 0 Å². The first-order valence-electron chi connectivity index (χ1n) is 8.77. The van der Waals surface area contributed by atoms with E-state index in [4.69, 9.17) is 10.8 Å². The maximum Gasteiger partial charge on any atom is 0.107 e. The van der Waals surface area contributed by atoms with Gasteiger partial charge in [-0.3, -0.25) is 4.90 Å². The first kappa shape index (κ1) is 16.5. The molecule has 5 heteroatoms. The van der Waals surface area contributed by atoms with E-state index in [1.807, 2.05) is 10.7 Å². The summed E-state index contributed by atoms with van der Waals surface area (Å²) in [5.74, 6) is 0. The van der Waals surface area contributed by atoms with Gasteiger partial charge < -0.3 is 5.73 Å². The second kappa shape index (κ2) is 6.75. The summed E-state index contributed by atoms with van der Waals surface area (Å²) in [5, 5.41) is 7.01. The molecular formula is C20H24N4S. The van der Waals surface area contributed by atoms with Crippen LogP contribution in [-0.2, 0) is 6.54 Å². The standard InChI is InChI=1S/C20H24N4S/c1-20(14-21)9-10-23(15-20)12-16-13-24(17-6-3-2-4-7-17)22-19(16)18-8-5-11-25-18/h2-8,11,13H,9-10,12,14-15,21H2,1H3. The molecule has 1 atom stereocenters. The SMILES string of the molecule is CC1(CN)CCN(Cc2cn(-c3ccccc3)nc2-c2cccs2)C1. The Morgan fingerprint density at radius 2 is 2.04 bits per heavy atom. The number of hydrogen-bond acceptors (Lipinski definition) is 4. The maximum absolute atomic E-state index is 5.97. The van der Waals surface area contributed by atoms with Crippen molar-refractivity contribution in [2.45, 2.75) is 19.9 Å². The second-order valence-electron chi connectivity index (χ2n) is 7.24. The van der Waals surface area contributed by atoms with Crippen LogP contribution in [0.4, 0.5) is 0 Å². The number of para-hydroxylation sites is 1. The van der Waals surface area contributed by atoms with Crippen molar-refractivity contribution in [1.82, 2.24) is 14.7 Å². The van der Waals surface area contributed by atoms with Gasteiger partial charge in [0, 0.05) is 24.8 Å². The molecule has 0 amide bonds. The van der Waals surface area contributed by atoms with Gasteiger partial charge in [-0.1, -0.05) is 31.2 Å². The molecule has 130 valence electrons. The quantitative estimate of drug-likeness (QED) is 0.760. The Bertz CT molecular complexity index is 825. The molecule has 1 aliphatic rings. The molecule has 1 unspecified atom stereocenters. The van der Waals surface area contributed by atoms with Crippen molar-refractivity contribution in [2.24, 2.45) is 11.1 Å². The molecule has 1 fully saturated rings. The summed E-state index contributed by atoms with van der Waals surface area (Å²) in [6.07, 6.45) is 3.35. The van der Waals surface area contributed by atoms with E-state index < -0.39 is 0 Å². The van der Waals surface area contributed by atoms with Gasteiger partial charge in [0.25, 0.3) is 0 Å². The van der Waals surface area contributed by atoms with Crippen LogP contribution in [0.1, 0.15) is 18.9 Å². The van der Waals surface area contributed by atoms with E-state index in [0.29, 0.717) is 0 Å². The number of aromatic nitrogens is 2. The average molecular weight is 353 g/mol. The van der Waals surface area contributed by atoms with Crippen LogP contribution in [0, 0.1) is 5.41 Å². The summed E-state index contributed by atoms with van der Waals surface area (Å²) in [5.41, 5.74) is 9.70. The lowest BCUT2D eigenvalue weighted by atomic mass is 9.90. The predicted molar refractivity (Wildman–Crippen MR) is 104 cm³/mol. The van der Waals surface area contributed by atoms with Crippen molar-refractivity contribution in [3.05, 3.63) is 59.6 Å². The summed E-state index contributed by atoms with van der Waals surface area (Å²) in [6, 6.07) is 14.6. The van der Waals surface area contributed by atoms with E-state index in [0.717, 1.165) is 37.6 Å². The summed E-state index contributed by atoms with van der Waals surface area (Å²) in [6.45, 7) is 6.14. The van der Waals surface area contributed by atoms with Crippen molar-refractivity contribution >= 4 is 11.3 Å². The Hall–Kier alpha value is -1.95. The molecule has 3 heterocycles. The van der Waals surface area contributed by atoms with Crippen LogP contribution in [0.15, 0.2) is 54.0 Å². The molecule has 3 aromatic rings. The van der Waals surface area contributed by atoms with Crippen molar-refractivity contribution in [3.63, 3.8) is 0 Å². The monoisotopic (exact) mass is 352 g/mol.